The number of hydrogen-bond acceptors (Lipinski definition) is 6. The Morgan fingerprint density at radius 1 is 1.26 bits per heavy atom. The molecule has 0 spiro atoms. The number of halogens is 1. The predicted molar refractivity (Wildman–Crippen MR) is 113 cm³/mol. The molecule has 8 nitrogen and oxygen atoms in total. The van der Waals surface area contributed by atoms with Gasteiger partial charge in [-0.3, -0.25) is 4.79 Å². The van der Waals surface area contributed by atoms with Crippen LogP contribution in [0.2, 0.25) is 0 Å². The van der Waals surface area contributed by atoms with Crippen LogP contribution in [-0.4, -0.2) is 50.0 Å². The number of carbonyl (C=O) groups is 1. The Hall–Kier alpha value is -3.33. The van der Waals surface area contributed by atoms with E-state index in [4.69, 9.17) is 4.74 Å². The van der Waals surface area contributed by atoms with Crippen molar-refractivity contribution in [3.8, 4) is 0 Å². The second kappa shape index (κ2) is 9.65. The number of anilines is 2. The standard InChI is InChI=1S/C22H25FN6O2/c1-16-24-9-11-28(16)10-3-6-22(30)29-12-13-31-19(15-29)18-4-2-5-21(26-18)27-20-8-7-17(23)14-25-20/h2,4-5,7-9,11,14,19H,3,6,10,12-13,15H2,1H3,(H,25,26,27). The number of imidazole rings is 1. The van der Waals surface area contributed by atoms with Gasteiger partial charge in [-0.2, -0.15) is 0 Å². The average Bonchev–Trinajstić information content (AvgIpc) is 3.20. The summed E-state index contributed by atoms with van der Waals surface area (Å²) >= 11 is 0. The Morgan fingerprint density at radius 2 is 2.16 bits per heavy atom. The van der Waals surface area contributed by atoms with Crippen molar-refractivity contribution < 1.29 is 13.9 Å². The van der Waals surface area contributed by atoms with Crippen LogP contribution in [0.5, 0.6) is 0 Å². The minimum atomic E-state index is -0.396. The van der Waals surface area contributed by atoms with E-state index >= 15 is 0 Å². The summed E-state index contributed by atoms with van der Waals surface area (Å²) in [4.78, 5) is 27.3. The van der Waals surface area contributed by atoms with E-state index in [1.807, 2.05) is 34.7 Å². The Kier molecular flexibility index (Phi) is 6.51. The van der Waals surface area contributed by atoms with E-state index in [1.165, 1.54) is 6.07 Å². The maximum atomic E-state index is 13.0. The Morgan fingerprint density at radius 3 is 2.94 bits per heavy atom. The number of aromatic nitrogens is 4. The van der Waals surface area contributed by atoms with Crippen LogP contribution >= 0.6 is 0 Å². The molecule has 1 saturated heterocycles. The highest BCUT2D eigenvalue weighted by atomic mass is 19.1. The fraction of sp³-hybridized carbons (Fsp3) is 0.364. The molecule has 0 radical (unpaired) electrons. The molecule has 9 heteroatoms. The largest absolute Gasteiger partial charge is 0.368 e. The van der Waals surface area contributed by atoms with Gasteiger partial charge in [0.05, 0.1) is 25.0 Å². The topological polar surface area (TPSA) is 85.2 Å². The minimum Gasteiger partial charge on any atom is -0.368 e. The molecule has 1 unspecified atom stereocenters. The molecule has 1 aliphatic rings. The van der Waals surface area contributed by atoms with Crippen molar-refractivity contribution in [2.24, 2.45) is 0 Å². The number of ether oxygens (including phenoxy) is 1. The molecule has 1 fully saturated rings. The van der Waals surface area contributed by atoms with Gasteiger partial charge in [0.2, 0.25) is 5.91 Å². The molecule has 1 aliphatic heterocycles. The van der Waals surface area contributed by atoms with Crippen LogP contribution in [0.1, 0.15) is 30.5 Å². The van der Waals surface area contributed by atoms with Crippen molar-refractivity contribution >= 4 is 17.5 Å². The Bertz CT molecular complexity index is 1020. The molecule has 4 heterocycles. The lowest BCUT2D eigenvalue weighted by atomic mass is 10.1. The van der Waals surface area contributed by atoms with E-state index in [0.29, 0.717) is 37.8 Å². The van der Waals surface area contributed by atoms with Crippen molar-refractivity contribution in [1.82, 2.24) is 24.4 Å². The maximum absolute atomic E-state index is 13.0. The molecule has 4 rings (SSSR count). The summed E-state index contributed by atoms with van der Waals surface area (Å²) in [6.45, 7) is 4.25. The van der Waals surface area contributed by atoms with Gasteiger partial charge in [-0.05, 0) is 37.6 Å². The summed E-state index contributed by atoms with van der Waals surface area (Å²) in [5.41, 5.74) is 0.735. The molecule has 1 atom stereocenters. The molecule has 3 aromatic rings. The molecule has 31 heavy (non-hydrogen) atoms. The predicted octanol–water partition coefficient (Wildman–Crippen LogP) is 3.24. The summed E-state index contributed by atoms with van der Waals surface area (Å²) in [5, 5.41) is 3.06. The normalized spacial score (nSPS) is 16.3. The van der Waals surface area contributed by atoms with Crippen LogP contribution in [0.4, 0.5) is 16.0 Å². The monoisotopic (exact) mass is 424 g/mol. The summed E-state index contributed by atoms with van der Waals surface area (Å²) in [5.74, 6) is 1.76. The van der Waals surface area contributed by atoms with Crippen LogP contribution in [0.15, 0.2) is 48.9 Å². The van der Waals surface area contributed by atoms with E-state index in [1.54, 1.807) is 18.3 Å². The van der Waals surface area contributed by atoms with Gasteiger partial charge in [0.1, 0.15) is 29.4 Å². The van der Waals surface area contributed by atoms with Crippen molar-refractivity contribution in [3.05, 3.63) is 66.3 Å². The van der Waals surface area contributed by atoms with Gasteiger partial charge in [-0.25, -0.2) is 19.3 Å². The summed E-state index contributed by atoms with van der Waals surface area (Å²) in [7, 11) is 0. The first-order chi connectivity index (χ1) is 15.1. The molecule has 162 valence electrons. The number of pyridine rings is 2. The van der Waals surface area contributed by atoms with Gasteiger partial charge >= 0.3 is 0 Å². The molecule has 1 N–H and O–H groups in total. The quantitative estimate of drug-likeness (QED) is 0.627. The van der Waals surface area contributed by atoms with Crippen molar-refractivity contribution in [3.63, 3.8) is 0 Å². The second-order valence-electron chi connectivity index (χ2n) is 7.40. The van der Waals surface area contributed by atoms with E-state index in [-0.39, 0.29) is 12.0 Å². The highest BCUT2D eigenvalue weighted by Crippen LogP contribution is 2.23. The van der Waals surface area contributed by atoms with Gasteiger partial charge in [-0.15, -0.1) is 0 Å². The minimum absolute atomic E-state index is 0.121. The third-order valence-corrected chi connectivity index (χ3v) is 5.22. The average molecular weight is 424 g/mol. The number of carbonyl (C=O) groups excluding carboxylic acids is 1. The smallest absolute Gasteiger partial charge is 0.222 e. The highest BCUT2D eigenvalue weighted by Gasteiger charge is 2.26. The molecule has 0 bridgehead atoms. The van der Waals surface area contributed by atoms with E-state index < -0.39 is 5.82 Å². The Balaban J connectivity index is 1.34. The maximum Gasteiger partial charge on any atom is 0.222 e. The molecule has 0 saturated carbocycles. The second-order valence-corrected chi connectivity index (χ2v) is 7.40. The zero-order valence-electron chi connectivity index (χ0n) is 17.4. The lowest BCUT2D eigenvalue weighted by Gasteiger charge is -2.33. The third-order valence-electron chi connectivity index (χ3n) is 5.22. The number of amides is 1. The molecule has 1 amide bonds. The molecular weight excluding hydrogens is 399 g/mol. The number of nitrogens with zero attached hydrogens (tertiary/aromatic N) is 5. The fourth-order valence-electron chi connectivity index (χ4n) is 3.53. The van der Waals surface area contributed by atoms with Crippen LogP contribution in [0.25, 0.3) is 0 Å². The molecule has 0 aromatic carbocycles. The number of rotatable bonds is 7. The lowest BCUT2D eigenvalue weighted by Crippen LogP contribution is -2.42. The van der Waals surface area contributed by atoms with Crippen molar-refractivity contribution in [2.75, 3.05) is 25.0 Å². The van der Waals surface area contributed by atoms with E-state index in [2.05, 4.69) is 20.3 Å². The summed E-state index contributed by atoms with van der Waals surface area (Å²) < 4.78 is 21.0. The molecule has 3 aromatic heterocycles. The highest BCUT2D eigenvalue weighted by molar-refractivity contribution is 5.76. The first kappa shape index (κ1) is 20.9. The molecular formula is C22H25FN6O2. The first-order valence-corrected chi connectivity index (χ1v) is 10.3. The van der Waals surface area contributed by atoms with Crippen LogP contribution in [-0.2, 0) is 16.1 Å². The van der Waals surface area contributed by atoms with Crippen molar-refractivity contribution in [2.45, 2.75) is 32.4 Å². The SMILES string of the molecule is Cc1nccn1CCCC(=O)N1CCOC(c2cccc(Nc3ccc(F)cn3)n2)C1. The first-order valence-electron chi connectivity index (χ1n) is 10.3. The number of hydrogen-bond donors (Lipinski definition) is 1. The summed E-state index contributed by atoms with van der Waals surface area (Å²) in [6, 6.07) is 8.43. The van der Waals surface area contributed by atoms with E-state index in [9.17, 15) is 9.18 Å². The lowest BCUT2D eigenvalue weighted by molar-refractivity contribution is -0.139. The van der Waals surface area contributed by atoms with Crippen LogP contribution < -0.4 is 5.32 Å². The van der Waals surface area contributed by atoms with Gasteiger partial charge in [0.15, 0.2) is 0 Å². The van der Waals surface area contributed by atoms with Gasteiger partial charge in [0, 0.05) is 31.9 Å². The van der Waals surface area contributed by atoms with Gasteiger partial charge in [-0.1, -0.05) is 6.07 Å². The molecule has 0 aliphatic carbocycles. The van der Waals surface area contributed by atoms with Crippen LogP contribution in [0.3, 0.4) is 0 Å². The zero-order chi connectivity index (χ0) is 21.6. The van der Waals surface area contributed by atoms with Crippen molar-refractivity contribution in [1.29, 1.82) is 0 Å². The van der Waals surface area contributed by atoms with Gasteiger partial charge in [0.25, 0.3) is 0 Å². The van der Waals surface area contributed by atoms with Gasteiger partial charge < -0.3 is 19.5 Å². The third kappa shape index (κ3) is 5.43. The van der Waals surface area contributed by atoms with E-state index in [0.717, 1.165) is 30.7 Å². The number of morpholine rings is 1. The number of aryl methyl sites for hydroxylation is 2. The van der Waals surface area contributed by atoms with Crippen LogP contribution in [0, 0.1) is 12.7 Å². The zero-order valence-corrected chi connectivity index (χ0v) is 17.4. The summed E-state index contributed by atoms with van der Waals surface area (Å²) in [6.07, 6.45) is 5.80. The number of nitrogens with one attached hydrogen (secondary N) is 1. The Labute approximate surface area is 180 Å². The fourth-order valence-corrected chi connectivity index (χ4v) is 3.53.